The van der Waals surface area contributed by atoms with Crippen LogP contribution < -0.4 is 9.44 Å². The van der Waals surface area contributed by atoms with Crippen LogP contribution in [0.3, 0.4) is 0 Å². The highest BCUT2D eigenvalue weighted by molar-refractivity contribution is 7.88. The molecule has 0 bridgehead atoms. The van der Waals surface area contributed by atoms with Gasteiger partial charge in [-0.1, -0.05) is 36.2 Å². The van der Waals surface area contributed by atoms with E-state index in [1.165, 1.54) is 0 Å². The maximum atomic E-state index is 12.6. The van der Waals surface area contributed by atoms with E-state index >= 15 is 0 Å². The molecule has 0 aliphatic carbocycles. The topological polar surface area (TPSA) is 145 Å². The molecule has 0 aliphatic rings. The van der Waals surface area contributed by atoms with Gasteiger partial charge in [0.15, 0.2) is 11.6 Å². The summed E-state index contributed by atoms with van der Waals surface area (Å²) in [6.07, 6.45) is -0.825. The molecule has 2 rings (SSSR count). The highest BCUT2D eigenvalue weighted by Crippen LogP contribution is 2.25. The van der Waals surface area contributed by atoms with E-state index in [4.69, 9.17) is 27.9 Å². The number of aromatic nitrogens is 4. The van der Waals surface area contributed by atoms with Gasteiger partial charge in [0.05, 0.1) is 6.04 Å². The van der Waals surface area contributed by atoms with Crippen LogP contribution in [-0.4, -0.2) is 52.1 Å². The summed E-state index contributed by atoms with van der Waals surface area (Å²) in [7, 11) is -4.34. The molecule has 1 aromatic heterocycles. The summed E-state index contributed by atoms with van der Waals surface area (Å²) in [6, 6.07) is 3.95. The predicted octanol–water partition coefficient (Wildman–Crippen LogP) is 2.28. The maximum absolute atomic E-state index is 12.6. The first-order chi connectivity index (χ1) is 14.8. The number of nitrogens with zero attached hydrogens (tertiary/aromatic N) is 4. The van der Waals surface area contributed by atoms with Gasteiger partial charge in [0, 0.05) is 16.5 Å². The van der Waals surface area contributed by atoms with Crippen LogP contribution in [0.5, 0.6) is 0 Å². The molecule has 0 radical (unpaired) electrons. The number of carbonyl (C=O) groups excluding carboxylic acids is 2. The van der Waals surface area contributed by atoms with Crippen molar-refractivity contribution in [2.24, 2.45) is 0 Å². The van der Waals surface area contributed by atoms with Gasteiger partial charge in [-0.2, -0.15) is 17.9 Å². The molecule has 14 heteroatoms. The molecule has 2 aromatic rings. The Kier molecular flexibility index (Phi) is 8.57. The fourth-order valence-corrected chi connectivity index (χ4v) is 4.05. The Hall–Kier alpha value is -2.28. The molecule has 32 heavy (non-hydrogen) atoms. The number of Topliss-reactive ketones (excluding diaryl/α,β-unsaturated/α-hetero) is 1. The lowest BCUT2D eigenvalue weighted by Crippen LogP contribution is -2.49. The van der Waals surface area contributed by atoms with Gasteiger partial charge < -0.3 is 4.74 Å². The number of hydrogen-bond acceptors (Lipinski definition) is 8. The number of ketones is 1. The van der Waals surface area contributed by atoms with Gasteiger partial charge in [0.2, 0.25) is 0 Å². The van der Waals surface area contributed by atoms with E-state index in [0.29, 0.717) is 15.6 Å². The van der Waals surface area contributed by atoms with Gasteiger partial charge in [-0.25, -0.2) is 9.52 Å². The predicted molar refractivity (Wildman–Crippen MR) is 118 cm³/mol. The first-order valence-corrected chi connectivity index (χ1v) is 11.8. The standard InChI is InChI=1S/C18H24Cl2N6O5S/c1-5-14(23-32(29,30)24-17(28)31-18(2,3)4)15(27)10-26-22-16(21-25-26)9-11-12(19)7-6-8-13(11)20/h6-8,14,23H,5,9-10H2,1-4H3,(H,24,28). The first kappa shape index (κ1) is 26.0. The number of ether oxygens (including phenoxy) is 1. The highest BCUT2D eigenvalue weighted by atomic mass is 35.5. The van der Waals surface area contributed by atoms with E-state index in [-0.39, 0.29) is 25.2 Å². The van der Waals surface area contributed by atoms with Crippen LogP contribution >= 0.6 is 23.2 Å². The van der Waals surface area contributed by atoms with Crippen molar-refractivity contribution in [3.63, 3.8) is 0 Å². The Balaban J connectivity index is 2.01. The minimum absolute atomic E-state index is 0.130. The van der Waals surface area contributed by atoms with E-state index in [0.717, 1.165) is 4.80 Å². The number of benzene rings is 1. The normalized spacial score (nSPS) is 12.9. The third-order valence-electron chi connectivity index (χ3n) is 3.90. The van der Waals surface area contributed by atoms with Gasteiger partial charge >= 0.3 is 16.3 Å². The quantitative estimate of drug-likeness (QED) is 0.526. The van der Waals surface area contributed by atoms with E-state index in [9.17, 15) is 18.0 Å². The third-order valence-corrected chi connectivity index (χ3v) is 5.64. The molecule has 0 saturated carbocycles. The molecular weight excluding hydrogens is 483 g/mol. The lowest BCUT2D eigenvalue weighted by atomic mass is 10.1. The van der Waals surface area contributed by atoms with E-state index in [1.54, 1.807) is 50.6 Å². The Labute approximate surface area is 196 Å². The zero-order chi connectivity index (χ0) is 24.1. The summed E-state index contributed by atoms with van der Waals surface area (Å²) in [5, 5.41) is 12.7. The number of halogens is 2. The summed E-state index contributed by atoms with van der Waals surface area (Å²) < 4.78 is 33.1. The van der Waals surface area contributed by atoms with Crippen LogP contribution in [0, 0.1) is 0 Å². The number of nitrogens with one attached hydrogen (secondary N) is 2. The highest BCUT2D eigenvalue weighted by Gasteiger charge is 2.27. The lowest BCUT2D eigenvalue weighted by molar-refractivity contribution is -0.121. The smallest absolute Gasteiger partial charge is 0.422 e. The minimum atomic E-state index is -4.34. The van der Waals surface area contributed by atoms with E-state index in [1.807, 2.05) is 0 Å². The number of tetrazole rings is 1. The molecule has 0 fully saturated rings. The second-order valence-electron chi connectivity index (χ2n) is 7.77. The Morgan fingerprint density at radius 3 is 2.41 bits per heavy atom. The van der Waals surface area contributed by atoms with Crippen molar-refractivity contribution in [3.8, 4) is 0 Å². The zero-order valence-electron chi connectivity index (χ0n) is 17.9. The average Bonchev–Trinajstić information content (AvgIpc) is 3.07. The Morgan fingerprint density at radius 1 is 1.22 bits per heavy atom. The number of amides is 1. The number of hydrogen-bond donors (Lipinski definition) is 2. The van der Waals surface area contributed by atoms with E-state index in [2.05, 4.69) is 20.1 Å². The van der Waals surface area contributed by atoms with Gasteiger partial charge in [0.1, 0.15) is 12.1 Å². The summed E-state index contributed by atoms with van der Waals surface area (Å²) in [6.45, 7) is 6.03. The number of carbonyl (C=O) groups is 2. The second-order valence-corrected chi connectivity index (χ2v) is 10.0. The van der Waals surface area contributed by atoms with Crippen molar-refractivity contribution in [1.82, 2.24) is 29.7 Å². The molecular formula is C18H24Cl2N6O5S. The molecule has 176 valence electrons. The van der Waals surface area contributed by atoms with Crippen molar-refractivity contribution in [2.75, 3.05) is 0 Å². The van der Waals surface area contributed by atoms with Crippen LogP contribution in [0.25, 0.3) is 0 Å². The molecule has 0 saturated heterocycles. The molecule has 11 nitrogen and oxygen atoms in total. The number of rotatable bonds is 9. The minimum Gasteiger partial charge on any atom is -0.443 e. The summed E-state index contributed by atoms with van der Waals surface area (Å²) in [5.74, 6) is -0.241. The van der Waals surface area contributed by atoms with Crippen LogP contribution in [0.1, 0.15) is 45.5 Å². The average molecular weight is 507 g/mol. The molecule has 0 spiro atoms. The summed E-state index contributed by atoms with van der Waals surface area (Å²) >= 11 is 12.3. The van der Waals surface area contributed by atoms with Gasteiger partial charge in [-0.15, -0.1) is 10.2 Å². The van der Waals surface area contributed by atoms with Crippen LogP contribution in [0.4, 0.5) is 4.79 Å². The molecule has 0 aliphatic heterocycles. The Morgan fingerprint density at radius 2 is 1.84 bits per heavy atom. The van der Waals surface area contributed by atoms with Gasteiger partial charge in [-0.3, -0.25) is 4.79 Å². The van der Waals surface area contributed by atoms with Crippen LogP contribution in [0.15, 0.2) is 18.2 Å². The fraction of sp³-hybridized carbons (Fsp3) is 0.500. The molecule has 1 amide bonds. The summed E-state index contributed by atoms with van der Waals surface area (Å²) in [5.41, 5.74) is -0.265. The monoisotopic (exact) mass is 506 g/mol. The molecule has 1 heterocycles. The van der Waals surface area contributed by atoms with Crippen molar-refractivity contribution >= 4 is 45.3 Å². The fourth-order valence-electron chi connectivity index (χ4n) is 2.53. The van der Waals surface area contributed by atoms with Gasteiger partial charge in [-0.05, 0) is 50.1 Å². The zero-order valence-corrected chi connectivity index (χ0v) is 20.3. The van der Waals surface area contributed by atoms with Crippen LogP contribution in [0.2, 0.25) is 10.0 Å². The van der Waals surface area contributed by atoms with Crippen molar-refractivity contribution in [2.45, 2.75) is 58.7 Å². The molecule has 2 N–H and O–H groups in total. The van der Waals surface area contributed by atoms with Crippen molar-refractivity contribution < 1.29 is 22.7 Å². The van der Waals surface area contributed by atoms with Crippen LogP contribution in [-0.2, 0) is 32.7 Å². The SMILES string of the molecule is CCC(NS(=O)(=O)NC(=O)OC(C)(C)C)C(=O)Cn1nnc(Cc2c(Cl)cccc2Cl)n1. The Bertz CT molecular complexity index is 1060. The first-order valence-electron chi connectivity index (χ1n) is 9.55. The van der Waals surface area contributed by atoms with Crippen molar-refractivity contribution in [1.29, 1.82) is 0 Å². The second kappa shape index (κ2) is 10.6. The maximum Gasteiger partial charge on any atom is 0.422 e. The lowest BCUT2D eigenvalue weighted by Gasteiger charge is -2.21. The molecule has 1 unspecified atom stereocenters. The van der Waals surface area contributed by atoms with Gasteiger partial charge in [0.25, 0.3) is 0 Å². The van der Waals surface area contributed by atoms with E-state index < -0.39 is 33.7 Å². The molecule has 1 atom stereocenters. The molecule has 1 aromatic carbocycles. The van der Waals surface area contributed by atoms with Crippen molar-refractivity contribution in [3.05, 3.63) is 39.6 Å². The largest absolute Gasteiger partial charge is 0.443 e. The summed E-state index contributed by atoms with van der Waals surface area (Å²) in [4.78, 5) is 25.3. The third kappa shape index (κ3) is 8.01.